The minimum atomic E-state index is 0.655. The molecule has 7 nitrogen and oxygen atoms in total. The molecule has 1 aromatic carbocycles. The second kappa shape index (κ2) is 8.25. The largest absolute Gasteiger partial charge is 0.383 e. The Hall–Kier alpha value is -1.93. The van der Waals surface area contributed by atoms with E-state index >= 15 is 0 Å². The molecule has 3 rings (SSSR count). The number of fused-ring (bicyclic) bond motifs is 1. The van der Waals surface area contributed by atoms with Crippen molar-refractivity contribution in [1.29, 1.82) is 0 Å². The quantitative estimate of drug-likeness (QED) is 0.555. The first-order chi connectivity index (χ1) is 11.8. The van der Waals surface area contributed by atoms with Crippen molar-refractivity contribution in [2.75, 3.05) is 13.7 Å². The smallest absolute Gasteiger partial charge is 0.169 e. The van der Waals surface area contributed by atoms with Crippen molar-refractivity contribution in [3.05, 3.63) is 30.1 Å². The van der Waals surface area contributed by atoms with Crippen LogP contribution in [0.1, 0.15) is 25.6 Å². The van der Waals surface area contributed by atoms with E-state index in [1.54, 1.807) is 18.9 Å². The van der Waals surface area contributed by atoms with Crippen LogP contribution >= 0.6 is 11.8 Å². The van der Waals surface area contributed by atoms with Gasteiger partial charge in [0.25, 0.3) is 0 Å². The van der Waals surface area contributed by atoms with Crippen molar-refractivity contribution < 1.29 is 4.74 Å². The van der Waals surface area contributed by atoms with E-state index in [0.717, 1.165) is 47.9 Å². The first kappa shape index (κ1) is 16.9. The van der Waals surface area contributed by atoms with Crippen molar-refractivity contribution in [3.63, 3.8) is 0 Å². The number of hydrogen-bond donors (Lipinski definition) is 0. The number of nitrogens with zero attached hydrogens (tertiary/aromatic N) is 6. The Labute approximate surface area is 145 Å². The van der Waals surface area contributed by atoms with Gasteiger partial charge in [-0.3, -0.25) is 0 Å². The first-order valence-electron chi connectivity index (χ1n) is 8.15. The Morgan fingerprint density at radius 1 is 1.21 bits per heavy atom. The molecule has 2 aromatic heterocycles. The molecule has 0 aliphatic heterocycles. The van der Waals surface area contributed by atoms with Crippen LogP contribution in [0.25, 0.3) is 11.0 Å². The van der Waals surface area contributed by atoms with E-state index in [1.165, 1.54) is 0 Å². The van der Waals surface area contributed by atoms with E-state index in [1.807, 2.05) is 22.9 Å². The van der Waals surface area contributed by atoms with Gasteiger partial charge in [0.15, 0.2) is 11.0 Å². The Morgan fingerprint density at radius 3 is 2.92 bits per heavy atom. The topological polar surface area (TPSA) is 70.7 Å². The fourth-order valence-corrected chi connectivity index (χ4v) is 3.47. The van der Waals surface area contributed by atoms with Gasteiger partial charge in [-0.2, -0.15) is 0 Å². The predicted molar refractivity (Wildman–Crippen MR) is 93.9 cm³/mol. The van der Waals surface area contributed by atoms with Crippen LogP contribution in [0.5, 0.6) is 0 Å². The molecule has 0 amide bonds. The van der Waals surface area contributed by atoms with Gasteiger partial charge in [-0.25, -0.2) is 9.67 Å². The maximum atomic E-state index is 5.24. The number of aryl methyl sites for hydroxylation is 1. The SMILES string of the molecule is CCCCn1nnnc1CSc1nc2ccccc2n1CCOC. The Bertz CT molecular complexity index is 784. The van der Waals surface area contributed by atoms with Gasteiger partial charge in [0.05, 0.1) is 23.4 Å². The summed E-state index contributed by atoms with van der Waals surface area (Å²) in [5.41, 5.74) is 2.13. The number of hydrogen-bond acceptors (Lipinski definition) is 6. The van der Waals surface area contributed by atoms with E-state index in [4.69, 9.17) is 9.72 Å². The molecule has 0 spiro atoms. The van der Waals surface area contributed by atoms with Crippen molar-refractivity contribution in [3.8, 4) is 0 Å². The molecule has 0 N–H and O–H groups in total. The lowest BCUT2D eigenvalue weighted by atomic mass is 10.3. The maximum Gasteiger partial charge on any atom is 0.169 e. The summed E-state index contributed by atoms with van der Waals surface area (Å²) in [6.07, 6.45) is 2.20. The molecule has 0 aliphatic rings. The number of rotatable bonds is 9. The van der Waals surface area contributed by atoms with Crippen LogP contribution < -0.4 is 0 Å². The molecule has 2 heterocycles. The molecule has 24 heavy (non-hydrogen) atoms. The maximum absolute atomic E-state index is 5.24. The number of unbranched alkanes of at least 4 members (excludes halogenated alkanes) is 1. The number of benzene rings is 1. The molecule has 8 heteroatoms. The molecule has 128 valence electrons. The van der Waals surface area contributed by atoms with Gasteiger partial charge in [-0.05, 0) is 29.0 Å². The van der Waals surface area contributed by atoms with Crippen LogP contribution in [-0.4, -0.2) is 43.5 Å². The van der Waals surface area contributed by atoms with Crippen LogP contribution in [0.15, 0.2) is 29.4 Å². The molecular weight excluding hydrogens is 324 g/mol. The molecule has 0 unspecified atom stereocenters. The van der Waals surface area contributed by atoms with Crippen LogP contribution in [0, 0.1) is 0 Å². The monoisotopic (exact) mass is 346 g/mol. The molecule has 0 atom stereocenters. The number of methoxy groups -OCH3 is 1. The van der Waals surface area contributed by atoms with Gasteiger partial charge in [-0.15, -0.1) is 5.10 Å². The van der Waals surface area contributed by atoms with Gasteiger partial charge in [-0.1, -0.05) is 37.2 Å². The van der Waals surface area contributed by atoms with Gasteiger partial charge < -0.3 is 9.30 Å². The van der Waals surface area contributed by atoms with Crippen molar-refractivity contribution >= 4 is 22.8 Å². The molecule has 3 aromatic rings. The molecule has 0 saturated heterocycles. The van der Waals surface area contributed by atoms with E-state index < -0.39 is 0 Å². The fraction of sp³-hybridized carbons (Fsp3) is 0.500. The highest BCUT2D eigenvalue weighted by molar-refractivity contribution is 7.98. The van der Waals surface area contributed by atoms with Crippen LogP contribution in [0.3, 0.4) is 0 Å². The van der Waals surface area contributed by atoms with Crippen LogP contribution in [0.2, 0.25) is 0 Å². The lowest BCUT2D eigenvalue weighted by Crippen LogP contribution is -2.07. The Balaban J connectivity index is 1.78. The number of ether oxygens (including phenoxy) is 1. The molecule has 0 radical (unpaired) electrons. The minimum absolute atomic E-state index is 0.655. The number of tetrazole rings is 1. The molecule has 0 saturated carbocycles. The lowest BCUT2D eigenvalue weighted by molar-refractivity contribution is 0.186. The zero-order valence-electron chi connectivity index (χ0n) is 14.1. The van der Waals surface area contributed by atoms with E-state index in [9.17, 15) is 0 Å². The summed E-state index contributed by atoms with van der Waals surface area (Å²) in [7, 11) is 1.72. The van der Waals surface area contributed by atoms with Gasteiger partial charge in [0.1, 0.15) is 0 Å². The summed E-state index contributed by atoms with van der Waals surface area (Å²) < 4.78 is 9.32. The fourth-order valence-electron chi connectivity index (χ4n) is 2.50. The van der Waals surface area contributed by atoms with Gasteiger partial charge >= 0.3 is 0 Å². The summed E-state index contributed by atoms with van der Waals surface area (Å²) in [4.78, 5) is 4.75. The van der Waals surface area contributed by atoms with Gasteiger partial charge in [0.2, 0.25) is 0 Å². The number of para-hydroxylation sites is 2. The van der Waals surface area contributed by atoms with Gasteiger partial charge in [0, 0.05) is 20.2 Å². The zero-order valence-corrected chi connectivity index (χ0v) is 14.9. The summed E-state index contributed by atoms with van der Waals surface area (Å²) >= 11 is 1.66. The summed E-state index contributed by atoms with van der Waals surface area (Å²) in [6, 6.07) is 8.17. The molecule has 0 bridgehead atoms. The normalized spacial score (nSPS) is 11.4. The van der Waals surface area contributed by atoms with Crippen LogP contribution in [0.4, 0.5) is 0 Å². The first-order valence-corrected chi connectivity index (χ1v) is 9.14. The van der Waals surface area contributed by atoms with Crippen molar-refractivity contribution in [2.45, 2.75) is 43.8 Å². The second-order valence-corrected chi connectivity index (χ2v) is 6.43. The van der Waals surface area contributed by atoms with Crippen molar-refractivity contribution in [1.82, 2.24) is 29.8 Å². The number of aromatic nitrogens is 6. The minimum Gasteiger partial charge on any atom is -0.383 e. The predicted octanol–water partition coefficient (Wildman–Crippen LogP) is 2.76. The molecule has 0 aliphatic carbocycles. The average molecular weight is 346 g/mol. The lowest BCUT2D eigenvalue weighted by Gasteiger charge is -2.08. The van der Waals surface area contributed by atoms with Crippen LogP contribution in [-0.2, 0) is 23.6 Å². The third-order valence-electron chi connectivity index (χ3n) is 3.80. The second-order valence-electron chi connectivity index (χ2n) is 5.49. The third kappa shape index (κ3) is 3.76. The van der Waals surface area contributed by atoms with E-state index in [-0.39, 0.29) is 0 Å². The highest BCUT2D eigenvalue weighted by Gasteiger charge is 2.13. The summed E-state index contributed by atoms with van der Waals surface area (Å²) in [5.74, 6) is 1.59. The zero-order chi connectivity index (χ0) is 16.8. The summed E-state index contributed by atoms with van der Waals surface area (Å²) in [6.45, 7) is 4.46. The van der Waals surface area contributed by atoms with E-state index in [0.29, 0.717) is 12.4 Å². The average Bonchev–Trinajstić information content (AvgIpc) is 3.20. The summed E-state index contributed by atoms with van der Waals surface area (Å²) in [5, 5.41) is 13.0. The molecule has 0 fully saturated rings. The Kier molecular flexibility index (Phi) is 5.81. The highest BCUT2D eigenvalue weighted by atomic mass is 32.2. The third-order valence-corrected chi connectivity index (χ3v) is 4.77. The van der Waals surface area contributed by atoms with Crippen molar-refractivity contribution in [2.24, 2.45) is 0 Å². The standard InChI is InChI=1S/C16H22N6OS/c1-3-4-9-22-15(18-19-20-22)12-24-16-17-13-7-5-6-8-14(13)21(16)10-11-23-2/h5-8H,3-4,9-12H2,1-2H3. The van der Waals surface area contributed by atoms with E-state index in [2.05, 4.69) is 33.1 Å². The Morgan fingerprint density at radius 2 is 2.08 bits per heavy atom. The highest BCUT2D eigenvalue weighted by Crippen LogP contribution is 2.26. The molecular formula is C16H22N6OS. The number of thioether (sulfide) groups is 1. The number of imidazole rings is 1.